The van der Waals surface area contributed by atoms with Crippen molar-refractivity contribution in [2.24, 2.45) is 0 Å². The normalized spacial score (nSPS) is 14.2. The Hall–Kier alpha value is -1.39. The summed E-state index contributed by atoms with van der Waals surface area (Å²) in [6.07, 6.45) is -0.766. The quantitative estimate of drug-likeness (QED) is 0.906. The molecular weight excluding hydrogens is 257 g/mol. The SMILES string of the molecule is CCN(CC)C(C)(C)C(O)c1cc2cc(F)ccc2o1. The zero-order valence-electron chi connectivity index (χ0n) is 12.5. The Labute approximate surface area is 119 Å². The predicted octanol–water partition coefficient (Wildman–Crippen LogP) is 3.73. The Bertz CT molecular complexity index is 587. The average Bonchev–Trinajstić information content (AvgIpc) is 2.81. The molecule has 0 saturated heterocycles. The van der Waals surface area contributed by atoms with Gasteiger partial charge in [0.05, 0.1) is 0 Å². The summed E-state index contributed by atoms with van der Waals surface area (Å²) in [6.45, 7) is 9.78. The van der Waals surface area contributed by atoms with Crippen molar-refractivity contribution in [3.05, 3.63) is 35.8 Å². The lowest BCUT2D eigenvalue weighted by molar-refractivity contribution is -0.0171. The van der Waals surface area contributed by atoms with Crippen LogP contribution in [0.3, 0.4) is 0 Å². The molecule has 0 spiro atoms. The maximum absolute atomic E-state index is 13.2. The van der Waals surface area contributed by atoms with Gasteiger partial charge >= 0.3 is 0 Å². The van der Waals surface area contributed by atoms with Crippen LogP contribution in [-0.4, -0.2) is 28.6 Å². The maximum atomic E-state index is 13.2. The number of aliphatic hydroxyl groups is 1. The largest absolute Gasteiger partial charge is 0.458 e. The van der Waals surface area contributed by atoms with E-state index in [0.717, 1.165) is 13.1 Å². The molecule has 2 aromatic rings. The highest BCUT2D eigenvalue weighted by molar-refractivity contribution is 5.78. The summed E-state index contributed by atoms with van der Waals surface area (Å²) in [5.41, 5.74) is 0.145. The molecule has 1 unspecified atom stereocenters. The minimum atomic E-state index is -0.766. The van der Waals surface area contributed by atoms with Gasteiger partial charge in [0.2, 0.25) is 0 Å². The van der Waals surface area contributed by atoms with Gasteiger partial charge < -0.3 is 9.52 Å². The number of halogens is 1. The maximum Gasteiger partial charge on any atom is 0.135 e. The third-order valence-corrected chi connectivity index (χ3v) is 4.01. The Kier molecular flexibility index (Phi) is 4.16. The molecule has 0 amide bonds. The standard InChI is InChI=1S/C16H22FNO2/c1-5-18(6-2)16(3,4)15(19)14-10-11-9-12(17)7-8-13(11)20-14/h7-10,15,19H,5-6H2,1-4H3. The van der Waals surface area contributed by atoms with E-state index in [1.54, 1.807) is 12.1 Å². The van der Waals surface area contributed by atoms with Crippen LogP contribution in [0.25, 0.3) is 11.0 Å². The molecule has 1 aromatic heterocycles. The molecule has 2 rings (SSSR count). The molecule has 0 aliphatic carbocycles. The third kappa shape index (κ3) is 2.58. The molecule has 1 heterocycles. The Morgan fingerprint density at radius 3 is 2.50 bits per heavy atom. The Balaban J connectivity index is 2.37. The molecule has 4 heteroatoms. The number of hydrogen-bond acceptors (Lipinski definition) is 3. The summed E-state index contributed by atoms with van der Waals surface area (Å²) in [6, 6.07) is 6.08. The van der Waals surface area contributed by atoms with Crippen LogP contribution in [0.4, 0.5) is 4.39 Å². The number of nitrogens with zero attached hydrogens (tertiary/aromatic N) is 1. The van der Waals surface area contributed by atoms with Gasteiger partial charge in [0.25, 0.3) is 0 Å². The first-order valence-corrected chi connectivity index (χ1v) is 7.02. The number of benzene rings is 1. The lowest BCUT2D eigenvalue weighted by Gasteiger charge is -2.40. The second-order valence-corrected chi connectivity index (χ2v) is 5.56. The minimum absolute atomic E-state index is 0.303. The topological polar surface area (TPSA) is 36.6 Å². The van der Waals surface area contributed by atoms with Crippen molar-refractivity contribution >= 4 is 11.0 Å². The van der Waals surface area contributed by atoms with E-state index in [2.05, 4.69) is 18.7 Å². The summed E-state index contributed by atoms with van der Waals surface area (Å²) in [5, 5.41) is 11.3. The second-order valence-electron chi connectivity index (χ2n) is 5.56. The van der Waals surface area contributed by atoms with Gasteiger partial charge in [-0.2, -0.15) is 0 Å². The fourth-order valence-corrected chi connectivity index (χ4v) is 2.73. The summed E-state index contributed by atoms with van der Waals surface area (Å²) in [7, 11) is 0. The van der Waals surface area contributed by atoms with Gasteiger partial charge in [-0.05, 0) is 51.2 Å². The van der Waals surface area contributed by atoms with Crippen molar-refractivity contribution in [1.29, 1.82) is 0 Å². The lowest BCUT2D eigenvalue weighted by Crippen LogP contribution is -2.48. The van der Waals surface area contributed by atoms with E-state index < -0.39 is 11.6 Å². The van der Waals surface area contributed by atoms with E-state index in [9.17, 15) is 9.50 Å². The lowest BCUT2D eigenvalue weighted by atomic mass is 9.93. The molecule has 0 aliphatic rings. The minimum Gasteiger partial charge on any atom is -0.458 e. The highest BCUT2D eigenvalue weighted by Gasteiger charge is 2.35. The van der Waals surface area contributed by atoms with Gasteiger partial charge in [-0.3, -0.25) is 4.90 Å². The van der Waals surface area contributed by atoms with Crippen molar-refractivity contribution in [2.75, 3.05) is 13.1 Å². The Morgan fingerprint density at radius 2 is 1.90 bits per heavy atom. The van der Waals surface area contributed by atoms with Crippen LogP contribution in [0, 0.1) is 5.82 Å². The molecule has 1 aromatic carbocycles. The van der Waals surface area contributed by atoms with Crippen LogP contribution in [0.15, 0.2) is 28.7 Å². The Morgan fingerprint density at radius 1 is 1.25 bits per heavy atom. The van der Waals surface area contributed by atoms with Crippen LogP contribution in [0.1, 0.15) is 39.6 Å². The summed E-state index contributed by atoms with van der Waals surface area (Å²) in [5.74, 6) is 0.171. The number of rotatable bonds is 5. The van der Waals surface area contributed by atoms with Crippen molar-refractivity contribution in [3.8, 4) is 0 Å². The van der Waals surface area contributed by atoms with Gasteiger partial charge in [0.15, 0.2) is 0 Å². The summed E-state index contributed by atoms with van der Waals surface area (Å²) >= 11 is 0. The van der Waals surface area contributed by atoms with E-state index in [1.165, 1.54) is 12.1 Å². The summed E-state index contributed by atoms with van der Waals surface area (Å²) in [4.78, 5) is 2.17. The number of fused-ring (bicyclic) bond motifs is 1. The zero-order valence-corrected chi connectivity index (χ0v) is 12.5. The number of hydrogen-bond donors (Lipinski definition) is 1. The van der Waals surface area contributed by atoms with E-state index >= 15 is 0 Å². The second kappa shape index (κ2) is 5.54. The molecule has 3 nitrogen and oxygen atoms in total. The molecular formula is C16H22FNO2. The number of likely N-dealkylation sites (N-methyl/N-ethyl adjacent to an activating group) is 1. The van der Waals surface area contributed by atoms with E-state index in [4.69, 9.17) is 4.42 Å². The van der Waals surface area contributed by atoms with Gasteiger partial charge in [-0.1, -0.05) is 13.8 Å². The number of furan rings is 1. The van der Waals surface area contributed by atoms with Crippen molar-refractivity contribution in [1.82, 2.24) is 4.90 Å². The zero-order chi connectivity index (χ0) is 14.9. The van der Waals surface area contributed by atoms with Crippen LogP contribution < -0.4 is 0 Å². The average molecular weight is 279 g/mol. The van der Waals surface area contributed by atoms with Crippen LogP contribution in [0.5, 0.6) is 0 Å². The molecule has 0 saturated carbocycles. The molecule has 110 valence electrons. The van der Waals surface area contributed by atoms with Crippen molar-refractivity contribution in [3.63, 3.8) is 0 Å². The van der Waals surface area contributed by atoms with Gasteiger partial charge in [0, 0.05) is 10.9 Å². The molecule has 1 N–H and O–H groups in total. The third-order valence-electron chi connectivity index (χ3n) is 4.01. The highest BCUT2D eigenvalue weighted by Crippen LogP contribution is 2.34. The number of aliphatic hydroxyl groups excluding tert-OH is 1. The molecule has 20 heavy (non-hydrogen) atoms. The molecule has 0 fully saturated rings. The van der Waals surface area contributed by atoms with Gasteiger partial charge in [0.1, 0.15) is 23.3 Å². The summed E-state index contributed by atoms with van der Waals surface area (Å²) < 4.78 is 18.9. The predicted molar refractivity (Wildman–Crippen MR) is 78.1 cm³/mol. The van der Waals surface area contributed by atoms with E-state index in [1.807, 2.05) is 13.8 Å². The molecule has 0 aliphatic heterocycles. The fraction of sp³-hybridized carbons (Fsp3) is 0.500. The van der Waals surface area contributed by atoms with Gasteiger partial charge in [-0.15, -0.1) is 0 Å². The first-order valence-electron chi connectivity index (χ1n) is 7.02. The van der Waals surface area contributed by atoms with Crippen molar-refractivity contribution < 1.29 is 13.9 Å². The fourth-order valence-electron chi connectivity index (χ4n) is 2.73. The first-order chi connectivity index (χ1) is 9.40. The first kappa shape index (κ1) is 15.0. The van der Waals surface area contributed by atoms with Crippen LogP contribution >= 0.6 is 0 Å². The smallest absolute Gasteiger partial charge is 0.135 e. The molecule has 0 bridgehead atoms. The van der Waals surface area contributed by atoms with Gasteiger partial charge in [-0.25, -0.2) is 4.39 Å². The monoisotopic (exact) mass is 279 g/mol. The van der Waals surface area contributed by atoms with Crippen LogP contribution in [-0.2, 0) is 0 Å². The van der Waals surface area contributed by atoms with Crippen LogP contribution in [0.2, 0.25) is 0 Å². The highest BCUT2D eigenvalue weighted by atomic mass is 19.1. The molecule has 0 radical (unpaired) electrons. The van der Waals surface area contributed by atoms with E-state index in [0.29, 0.717) is 16.7 Å². The molecule has 1 atom stereocenters. The van der Waals surface area contributed by atoms with Crippen molar-refractivity contribution in [2.45, 2.75) is 39.3 Å². The van der Waals surface area contributed by atoms with E-state index in [-0.39, 0.29) is 5.82 Å².